The molecule has 1 aliphatic rings. The minimum absolute atomic E-state index is 0.0948. The Morgan fingerprint density at radius 2 is 1.03 bits per heavy atom. The van der Waals surface area contributed by atoms with Crippen LogP contribution in [0.1, 0.15) is 112 Å². The SMILES string of the molecule is C=C.C=C(N=C(C)c1ccccc1)c1ccccc1.C=C1/C=C\C(C)=C(\c2cc(C)c(-c3ccccc3C)cc2C)Cc2ccccc2C1(C)C.CC.CCC.Cc1ccccc1. The van der Waals surface area contributed by atoms with Crippen LogP contribution >= 0.6 is 0 Å². The fraction of sp³-hybridized carbons (Fsp3) is 0.242. The first-order valence-corrected chi connectivity index (χ1v) is 22.5. The summed E-state index contributed by atoms with van der Waals surface area (Å²) in [7, 11) is 0. The number of allylic oxidation sites excluding steroid dienone is 5. The Hall–Kier alpha value is -6.31. The third kappa shape index (κ3) is 15.8. The first kappa shape index (κ1) is 52.8. The van der Waals surface area contributed by atoms with Crippen molar-refractivity contribution in [2.24, 2.45) is 4.99 Å². The second-order valence-electron chi connectivity index (χ2n) is 16.0. The summed E-state index contributed by atoms with van der Waals surface area (Å²) in [6.45, 7) is 40.2. The van der Waals surface area contributed by atoms with E-state index in [9.17, 15) is 0 Å². The summed E-state index contributed by atoms with van der Waals surface area (Å²) in [5.74, 6) is 0. The number of rotatable bonds is 5. The molecule has 0 aromatic heterocycles. The molecule has 0 saturated heterocycles. The van der Waals surface area contributed by atoms with Crippen LogP contribution in [0.4, 0.5) is 0 Å². The molecule has 6 aromatic carbocycles. The monoisotopic (exact) mass is 834 g/mol. The van der Waals surface area contributed by atoms with E-state index in [1.807, 2.05) is 87.5 Å². The molecular formula is C62H75N. The first-order valence-electron chi connectivity index (χ1n) is 22.5. The quantitative estimate of drug-likeness (QED) is 0.121. The molecule has 63 heavy (non-hydrogen) atoms. The van der Waals surface area contributed by atoms with E-state index in [4.69, 9.17) is 0 Å². The summed E-state index contributed by atoms with van der Waals surface area (Å²) in [5, 5.41) is 0. The van der Waals surface area contributed by atoms with E-state index in [1.165, 1.54) is 67.6 Å². The Kier molecular flexibility index (Phi) is 23.1. The number of hydrogen-bond acceptors (Lipinski definition) is 1. The Labute approximate surface area is 384 Å². The molecule has 0 aliphatic heterocycles. The van der Waals surface area contributed by atoms with Crippen molar-refractivity contribution < 1.29 is 0 Å². The van der Waals surface area contributed by atoms with E-state index in [0.717, 1.165) is 34.5 Å². The van der Waals surface area contributed by atoms with Crippen LogP contribution in [0.2, 0.25) is 0 Å². The number of fused-ring (bicyclic) bond motifs is 1. The van der Waals surface area contributed by atoms with Gasteiger partial charge in [-0.15, -0.1) is 13.2 Å². The number of aryl methyl sites for hydroxylation is 4. The molecule has 0 atom stereocenters. The molecule has 1 nitrogen and oxygen atoms in total. The van der Waals surface area contributed by atoms with E-state index in [-0.39, 0.29) is 5.41 Å². The maximum absolute atomic E-state index is 4.54. The van der Waals surface area contributed by atoms with Crippen molar-refractivity contribution >= 4 is 17.0 Å². The van der Waals surface area contributed by atoms with E-state index in [2.05, 4.69) is 191 Å². The third-order valence-electron chi connectivity index (χ3n) is 10.7. The van der Waals surface area contributed by atoms with Crippen LogP contribution in [0.25, 0.3) is 22.4 Å². The smallest absolute Gasteiger partial charge is 0.0633 e. The average Bonchev–Trinajstić information content (AvgIpc) is 3.34. The van der Waals surface area contributed by atoms with Crippen LogP contribution < -0.4 is 0 Å². The molecule has 0 bridgehead atoms. The summed E-state index contributed by atoms with van der Waals surface area (Å²) in [6.07, 6.45) is 6.64. The summed E-state index contributed by atoms with van der Waals surface area (Å²) in [5.41, 5.74) is 19.8. The van der Waals surface area contributed by atoms with Gasteiger partial charge in [0.1, 0.15) is 0 Å². The van der Waals surface area contributed by atoms with Gasteiger partial charge in [0.2, 0.25) is 0 Å². The zero-order valence-electron chi connectivity index (χ0n) is 40.8. The van der Waals surface area contributed by atoms with E-state index in [1.54, 1.807) is 0 Å². The molecule has 7 rings (SSSR count). The lowest BCUT2D eigenvalue weighted by Gasteiger charge is -2.29. The van der Waals surface area contributed by atoms with Crippen LogP contribution in [-0.4, -0.2) is 5.71 Å². The molecule has 1 heteroatoms. The first-order chi connectivity index (χ1) is 30.3. The van der Waals surface area contributed by atoms with Gasteiger partial charge in [0.15, 0.2) is 0 Å². The van der Waals surface area contributed by atoms with E-state index < -0.39 is 0 Å². The average molecular weight is 834 g/mol. The van der Waals surface area contributed by atoms with Crippen molar-refractivity contribution in [2.75, 3.05) is 0 Å². The highest BCUT2D eigenvalue weighted by molar-refractivity contribution is 6.01. The van der Waals surface area contributed by atoms with Crippen molar-refractivity contribution in [3.8, 4) is 11.1 Å². The van der Waals surface area contributed by atoms with Crippen molar-refractivity contribution in [3.05, 3.63) is 251 Å². The third-order valence-corrected chi connectivity index (χ3v) is 10.7. The van der Waals surface area contributed by atoms with Gasteiger partial charge in [-0.05, 0) is 120 Å². The van der Waals surface area contributed by atoms with Gasteiger partial charge in [0, 0.05) is 11.1 Å². The Balaban J connectivity index is 0.000000365. The lowest BCUT2D eigenvalue weighted by molar-refractivity contribution is 0.635. The lowest BCUT2D eigenvalue weighted by atomic mass is 9.75. The topological polar surface area (TPSA) is 12.4 Å². The molecule has 0 fully saturated rings. The Morgan fingerprint density at radius 3 is 1.57 bits per heavy atom. The largest absolute Gasteiger partial charge is 0.253 e. The van der Waals surface area contributed by atoms with Crippen molar-refractivity contribution in [2.45, 2.75) is 101 Å². The zero-order chi connectivity index (χ0) is 47.0. The molecule has 0 heterocycles. The maximum atomic E-state index is 4.54. The second-order valence-corrected chi connectivity index (χ2v) is 16.0. The summed E-state index contributed by atoms with van der Waals surface area (Å²) < 4.78 is 0. The van der Waals surface area contributed by atoms with Gasteiger partial charge in [-0.25, -0.2) is 0 Å². The molecule has 0 radical (unpaired) electrons. The van der Waals surface area contributed by atoms with Gasteiger partial charge in [0.05, 0.1) is 5.70 Å². The minimum Gasteiger partial charge on any atom is -0.253 e. The molecule has 0 saturated carbocycles. The predicted octanol–water partition coefficient (Wildman–Crippen LogP) is 18.1. The van der Waals surface area contributed by atoms with E-state index >= 15 is 0 Å². The molecule has 6 aromatic rings. The normalized spacial score (nSPS) is 14.1. The van der Waals surface area contributed by atoms with Crippen LogP contribution in [0.5, 0.6) is 0 Å². The minimum atomic E-state index is -0.0948. The van der Waals surface area contributed by atoms with Crippen molar-refractivity contribution in [1.29, 1.82) is 0 Å². The molecule has 0 N–H and O–H groups in total. The van der Waals surface area contributed by atoms with Crippen LogP contribution in [0, 0.1) is 27.7 Å². The highest BCUT2D eigenvalue weighted by atomic mass is 14.7. The van der Waals surface area contributed by atoms with Crippen LogP contribution in [0.3, 0.4) is 0 Å². The van der Waals surface area contributed by atoms with Gasteiger partial charge in [0.25, 0.3) is 0 Å². The van der Waals surface area contributed by atoms with Crippen molar-refractivity contribution in [1.82, 2.24) is 0 Å². The number of benzene rings is 6. The van der Waals surface area contributed by atoms with E-state index in [0.29, 0.717) is 0 Å². The van der Waals surface area contributed by atoms with Crippen LogP contribution in [-0.2, 0) is 11.8 Å². The molecular weight excluding hydrogens is 759 g/mol. The molecule has 328 valence electrons. The van der Waals surface area contributed by atoms with Gasteiger partial charge < -0.3 is 0 Å². The number of hydrogen-bond donors (Lipinski definition) is 0. The van der Waals surface area contributed by atoms with Gasteiger partial charge in [-0.3, -0.25) is 4.99 Å². The summed E-state index contributed by atoms with van der Waals surface area (Å²) in [6, 6.07) is 52.7. The zero-order valence-corrected chi connectivity index (χ0v) is 40.8. The molecule has 1 aliphatic carbocycles. The number of nitrogens with zero attached hydrogens (tertiary/aromatic N) is 1. The Morgan fingerprint density at radius 1 is 0.571 bits per heavy atom. The fourth-order valence-electron chi connectivity index (χ4n) is 7.11. The van der Waals surface area contributed by atoms with Gasteiger partial charge in [-0.2, -0.15) is 0 Å². The molecule has 0 spiro atoms. The second kappa shape index (κ2) is 27.6. The molecule has 0 amide bonds. The number of aliphatic imine (C=N–C) groups is 1. The van der Waals surface area contributed by atoms with Gasteiger partial charge in [-0.1, -0.05) is 230 Å². The lowest BCUT2D eigenvalue weighted by Crippen LogP contribution is -2.20. The standard InChI is InChI=1S/C32H34.C16H15N.C7H8.C3H8.C2H6.C2H4/c1-21-12-8-10-14-27(21)28-18-24(4)29(19-23(28)3)30-20-26-13-9-11-15-31(26)32(6,7)25(5)17-16-22(30)2;1-13(15-9-5-3-6-10-15)17-14(2)16-11-7-4-8-12-16;1-7-5-3-2-4-6-7;1-3-2;2*1-2/h8-19H,5,20H2,1-4,6-7H3;3-12H,1H2,2H3;2-6H,1H3;3H2,1-2H3;1-2H3;1-2H2/b17-16-,30-22+;;;;;. The van der Waals surface area contributed by atoms with Crippen molar-refractivity contribution in [3.63, 3.8) is 0 Å². The van der Waals surface area contributed by atoms with Gasteiger partial charge >= 0.3 is 0 Å². The maximum Gasteiger partial charge on any atom is 0.0633 e. The highest BCUT2D eigenvalue weighted by Crippen LogP contribution is 2.39. The fourth-order valence-corrected chi connectivity index (χ4v) is 7.11. The summed E-state index contributed by atoms with van der Waals surface area (Å²) in [4.78, 5) is 4.54. The molecule has 0 unspecified atom stereocenters. The van der Waals surface area contributed by atoms with Crippen LogP contribution in [0.15, 0.2) is 206 Å². The Bertz CT molecular complexity index is 2400. The predicted molar refractivity (Wildman–Crippen MR) is 284 cm³/mol. The highest BCUT2D eigenvalue weighted by Gasteiger charge is 2.27. The summed E-state index contributed by atoms with van der Waals surface area (Å²) >= 11 is 0.